The fraction of sp³-hybridized carbons (Fsp3) is 0.353. The fourth-order valence-corrected chi connectivity index (χ4v) is 2.91. The van der Waals surface area contributed by atoms with Gasteiger partial charge in [-0.05, 0) is 18.6 Å². The molecule has 1 aromatic rings. The lowest BCUT2D eigenvalue weighted by Gasteiger charge is -2.32. The van der Waals surface area contributed by atoms with Crippen LogP contribution in [0.2, 0.25) is 0 Å². The Hall–Kier alpha value is -2.83. The molecular weight excluding hydrogens is 306 g/mol. The lowest BCUT2D eigenvalue weighted by molar-refractivity contribution is -0.383. The Morgan fingerprint density at radius 3 is 2.71 bits per heavy atom. The molecule has 0 bridgehead atoms. The van der Waals surface area contributed by atoms with Crippen LogP contribution in [-0.2, 0) is 11.3 Å². The quantitative estimate of drug-likeness (QED) is 0.846. The number of fused-ring (bicyclic) bond motifs is 1. The van der Waals surface area contributed by atoms with Crippen LogP contribution in [0.1, 0.15) is 19.0 Å². The van der Waals surface area contributed by atoms with E-state index in [0.29, 0.717) is 18.1 Å². The number of hydrogen-bond donors (Lipinski definition) is 1. The van der Waals surface area contributed by atoms with E-state index in [2.05, 4.69) is 15.0 Å². The van der Waals surface area contributed by atoms with Gasteiger partial charge in [0.1, 0.15) is 0 Å². The van der Waals surface area contributed by atoms with Crippen LogP contribution in [0.15, 0.2) is 41.2 Å². The van der Waals surface area contributed by atoms with E-state index >= 15 is 0 Å². The standard InChI is InChI=1S/C17H19N5O2/c1-4-11-9-20-15-13(16(23)22(3)17(24)21(15)2)14(11)19-10-12-7-5-6-8-18-12/h5-9,13H,4,10H2,1-3H3/p+1. The summed E-state index contributed by atoms with van der Waals surface area (Å²) in [6.45, 7) is 2.41. The monoisotopic (exact) mass is 326 g/mol. The zero-order valence-corrected chi connectivity index (χ0v) is 14.0. The van der Waals surface area contributed by atoms with Crippen molar-refractivity contribution < 1.29 is 14.6 Å². The molecule has 3 amide bonds. The highest BCUT2D eigenvalue weighted by Crippen LogP contribution is 2.22. The van der Waals surface area contributed by atoms with Crippen LogP contribution in [0.4, 0.5) is 4.79 Å². The van der Waals surface area contributed by atoms with E-state index in [1.807, 2.05) is 31.3 Å². The van der Waals surface area contributed by atoms with E-state index in [-0.39, 0.29) is 11.9 Å². The summed E-state index contributed by atoms with van der Waals surface area (Å²) in [5.41, 5.74) is 2.50. The summed E-state index contributed by atoms with van der Waals surface area (Å²) in [5, 5.41) is 0. The van der Waals surface area contributed by atoms with Crippen molar-refractivity contribution >= 4 is 23.5 Å². The van der Waals surface area contributed by atoms with Crippen LogP contribution in [0, 0.1) is 5.92 Å². The maximum atomic E-state index is 12.7. The number of aromatic nitrogens is 1. The van der Waals surface area contributed by atoms with E-state index in [0.717, 1.165) is 22.6 Å². The van der Waals surface area contributed by atoms with Crippen molar-refractivity contribution in [1.82, 2.24) is 14.8 Å². The van der Waals surface area contributed by atoms with Crippen LogP contribution in [0.3, 0.4) is 0 Å². The minimum atomic E-state index is -0.582. The van der Waals surface area contributed by atoms with Crippen LogP contribution < -0.4 is 4.99 Å². The topological polar surface area (TPSA) is 79.8 Å². The van der Waals surface area contributed by atoms with Gasteiger partial charge in [0.25, 0.3) is 11.7 Å². The highest BCUT2D eigenvalue weighted by molar-refractivity contribution is 6.31. The molecule has 2 aliphatic rings. The van der Waals surface area contributed by atoms with E-state index in [1.54, 1.807) is 13.2 Å². The first-order valence-corrected chi connectivity index (χ1v) is 7.87. The molecule has 0 radical (unpaired) electrons. The molecule has 2 aliphatic heterocycles. The molecule has 1 N–H and O–H groups in total. The SMILES string of the molecule is CCC1=C[NH+]=C2C(C(=O)N(C)C(=O)N2C)C1=NCc1ccccn1. The number of urea groups is 1. The summed E-state index contributed by atoms with van der Waals surface area (Å²) in [7, 11) is 3.15. The Labute approximate surface area is 140 Å². The average molecular weight is 326 g/mol. The van der Waals surface area contributed by atoms with Gasteiger partial charge in [-0.1, -0.05) is 13.0 Å². The summed E-state index contributed by atoms with van der Waals surface area (Å²) in [5.74, 6) is -0.291. The van der Waals surface area contributed by atoms with Crippen molar-refractivity contribution in [2.24, 2.45) is 10.9 Å². The number of hydrogen-bond acceptors (Lipinski definition) is 4. The number of carbonyl (C=O) groups is 2. The second kappa shape index (κ2) is 6.35. The Balaban J connectivity index is 2.00. The lowest BCUT2D eigenvalue weighted by Crippen LogP contribution is -2.80. The molecule has 1 fully saturated rings. The molecule has 0 aliphatic carbocycles. The third kappa shape index (κ3) is 2.62. The molecule has 3 heterocycles. The van der Waals surface area contributed by atoms with Crippen molar-refractivity contribution in [3.05, 3.63) is 41.9 Å². The molecule has 0 saturated carbocycles. The van der Waals surface area contributed by atoms with Gasteiger partial charge in [0, 0.05) is 18.8 Å². The third-order valence-corrected chi connectivity index (χ3v) is 4.30. The molecule has 7 heteroatoms. The molecule has 1 aromatic heterocycles. The van der Waals surface area contributed by atoms with Crippen LogP contribution in [-0.4, -0.2) is 52.4 Å². The van der Waals surface area contributed by atoms with Gasteiger partial charge in [-0.15, -0.1) is 0 Å². The normalized spacial score (nSPS) is 22.5. The Kier molecular flexibility index (Phi) is 4.24. The highest BCUT2D eigenvalue weighted by Gasteiger charge is 2.50. The first-order valence-electron chi connectivity index (χ1n) is 7.87. The zero-order valence-electron chi connectivity index (χ0n) is 14.0. The fourth-order valence-electron chi connectivity index (χ4n) is 2.91. The number of nitrogens with zero attached hydrogens (tertiary/aromatic N) is 4. The molecule has 1 saturated heterocycles. The molecule has 7 nitrogen and oxygen atoms in total. The number of rotatable bonds is 3. The van der Waals surface area contributed by atoms with E-state index in [4.69, 9.17) is 0 Å². The van der Waals surface area contributed by atoms with Gasteiger partial charge in [-0.2, -0.15) is 4.90 Å². The number of amides is 3. The van der Waals surface area contributed by atoms with Crippen LogP contribution in [0.25, 0.3) is 0 Å². The minimum absolute atomic E-state index is 0.264. The summed E-state index contributed by atoms with van der Waals surface area (Å²) in [6, 6.07) is 5.31. The van der Waals surface area contributed by atoms with Crippen molar-refractivity contribution in [2.75, 3.05) is 14.1 Å². The number of imide groups is 1. The number of carbonyl (C=O) groups excluding carboxylic acids is 2. The van der Waals surface area contributed by atoms with Gasteiger partial charge in [-0.3, -0.25) is 14.8 Å². The second-order valence-corrected chi connectivity index (χ2v) is 5.75. The van der Waals surface area contributed by atoms with Crippen LogP contribution >= 0.6 is 0 Å². The predicted octanol–water partition coefficient (Wildman–Crippen LogP) is -0.0508. The second-order valence-electron chi connectivity index (χ2n) is 5.75. The zero-order chi connectivity index (χ0) is 17.3. The Morgan fingerprint density at radius 2 is 2.04 bits per heavy atom. The number of amidine groups is 1. The van der Waals surface area contributed by atoms with E-state index in [1.165, 1.54) is 11.9 Å². The van der Waals surface area contributed by atoms with Gasteiger partial charge in [0.05, 0.1) is 31.2 Å². The molecule has 1 unspecified atom stereocenters. The molecule has 24 heavy (non-hydrogen) atoms. The van der Waals surface area contributed by atoms with E-state index in [9.17, 15) is 9.59 Å². The Bertz CT molecular complexity index is 766. The number of nitrogens with one attached hydrogen (secondary N) is 1. The lowest BCUT2D eigenvalue weighted by atomic mass is 9.89. The molecule has 0 aromatic carbocycles. The summed E-state index contributed by atoms with van der Waals surface area (Å²) >= 11 is 0. The minimum Gasteiger partial charge on any atom is -0.281 e. The summed E-state index contributed by atoms with van der Waals surface area (Å²) < 4.78 is 0. The highest BCUT2D eigenvalue weighted by atomic mass is 16.2. The molecule has 1 atom stereocenters. The van der Waals surface area contributed by atoms with Crippen LogP contribution in [0.5, 0.6) is 0 Å². The predicted molar refractivity (Wildman–Crippen MR) is 89.1 cm³/mol. The Morgan fingerprint density at radius 1 is 1.25 bits per heavy atom. The number of allylic oxidation sites excluding steroid dienone is 1. The van der Waals surface area contributed by atoms with Crippen molar-refractivity contribution in [2.45, 2.75) is 19.9 Å². The smallest absolute Gasteiger partial charge is 0.281 e. The van der Waals surface area contributed by atoms with Gasteiger partial charge in [-0.25, -0.2) is 14.7 Å². The summed E-state index contributed by atoms with van der Waals surface area (Å²) in [6.07, 6.45) is 4.29. The maximum absolute atomic E-state index is 12.7. The van der Waals surface area contributed by atoms with Gasteiger partial charge in [0.15, 0.2) is 5.92 Å². The molecule has 3 rings (SSSR count). The molecule has 0 spiro atoms. The molecule has 124 valence electrons. The van der Waals surface area contributed by atoms with Crippen molar-refractivity contribution in [3.63, 3.8) is 0 Å². The van der Waals surface area contributed by atoms with Gasteiger partial charge in [0.2, 0.25) is 0 Å². The largest absolute Gasteiger partial charge is 0.417 e. The summed E-state index contributed by atoms with van der Waals surface area (Å²) in [4.78, 5) is 39.5. The molecular formula is C17H20N5O2+. The van der Waals surface area contributed by atoms with E-state index < -0.39 is 5.92 Å². The average Bonchev–Trinajstić information content (AvgIpc) is 2.62. The maximum Gasteiger partial charge on any atom is 0.417 e. The van der Waals surface area contributed by atoms with Crippen molar-refractivity contribution in [1.29, 1.82) is 0 Å². The first-order chi connectivity index (χ1) is 11.5. The number of aliphatic imine (C=N–C) groups is 1. The number of pyridine rings is 1. The van der Waals surface area contributed by atoms with Gasteiger partial charge >= 0.3 is 6.03 Å². The first kappa shape index (κ1) is 16.0. The third-order valence-electron chi connectivity index (χ3n) is 4.30. The van der Waals surface area contributed by atoms with Gasteiger partial charge < -0.3 is 0 Å². The van der Waals surface area contributed by atoms with Crippen molar-refractivity contribution in [3.8, 4) is 0 Å².